The van der Waals surface area contributed by atoms with Gasteiger partial charge < -0.3 is 33.2 Å². The van der Waals surface area contributed by atoms with E-state index in [1.165, 1.54) is 96.3 Å². The Bertz CT molecular complexity index is 2390. The Morgan fingerprint density at radius 1 is 0.432 bits per heavy atom. The van der Waals surface area contributed by atoms with Crippen LogP contribution in [-0.4, -0.2) is 71.4 Å². The van der Waals surface area contributed by atoms with Crippen molar-refractivity contribution in [1.29, 1.82) is 0 Å². The summed E-state index contributed by atoms with van der Waals surface area (Å²) in [7, 11) is 1.34. The van der Waals surface area contributed by atoms with E-state index in [-0.39, 0.29) is 25.2 Å². The molecule has 5 aromatic rings. The number of benzene rings is 3. The number of carbonyl (C=O) groups is 3. The van der Waals surface area contributed by atoms with Crippen LogP contribution >= 0.6 is 0 Å². The number of ether oxygens (including phenoxy) is 7. The van der Waals surface area contributed by atoms with Crippen LogP contribution in [0.5, 0.6) is 23.0 Å². The van der Waals surface area contributed by atoms with Gasteiger partial charge in [-0.3, -0.25) is 0 Å². The lowest BCUT2D eigenvalue weighted by molar-refractivity contribution is -0.138. The minimum atomic E-state index is -0.474. The zero-order valence-corrected chi connectivity index (χ0v) is 43.5. The van der Waals surface area contributed by atoms with Gasteiger partial charge in [-0.05, 0) is 55.0 Å². The van der Waals surface area contributed by atoms with Crippen molar-refractivity contribution in [1.82, 2.24) is 19.9 Å². The second-order valence-electron chi connectivity index (χ2n) is 18.1. The van der Waals surface area contributed by atoms with Crippen molar-refractivity contribution in [3.63, 3.8) is 0 Å². The first-order valence-electron chi connectivity index (χ1n) is 26.5. The summed E-state index contributed by atoms with van der Waals surface area (Å²) in [6.45, 7) is 9.53. The van der Waals surface area contributed by atoms with E-state index in [0.29, 0.717) is 66.6 Å². The van der Waals surface area contributed by atoms with Crippen LogP contribution in [-0.2, 0) is 37.0 Å². The molecule has 14 heteroatoms. The van der Waals surface area contributed by atoms with Crippen molar-refractivity contribution in [2.75, 3.05) is 33.5 Å². The normalized spacial score (nSPS) is 10.8. The number of carbonyl (C=O) groups excluding carboxylic acids is 3. The maximum atomic E-state index is 12.4. The molecule has 0 aliphatic rings. The highest BCUT2D eigenvalue weighted by Gasteiger charge is 2.14. The molecule has 74 heavy (non-hydrogen) atoms. The Balaban J connectivity index is 0.965. The van der Waals surface area contributed by atoms with Gasteiger partial charge in [0.2, 0.25) is 0 Å². The van der Waals surface area contributed by atoms with Crippen LogP contribution in [0.15, 0.2) is 117 Å². The number of methoxy groups -OCH3 is 1. The van der Waals surface area contributed by atoms with Crippen LogP contribution in [0.1, 0.15) is 150 Å². The van der Waals surface area contributed by atoms with E-state index in [1.54, 1.807) is 43.0 Å². The SMILES string of the molecule is C=CC(=O)OCCCCCCCCCCCCOc1cnc(-c2ccc(COc3ccc(C(=O)OC)cc3OCc3ccc(-c4ncc(OCCCCCCCCCCCCOC(=O)C=C)cn4)cc3)cc2)nc1. The maximum absolute atomic E-state index is 12.4. The topological polar surface area (TPSA) is 167 Å². The third-order valence-electron chi connectivity index (χ3n) is 12.3. The van der Waals surface area contributed by atoms with E-state index < -0.39 is 5.97 Å². The lowest BCUT2D eigenvalue weighted by atomic mass is 10.1. The van der Waals surface area contributed by atoms with Crippen molar-refractivity contribution < 1.29 is 47.5 Å². The van der Waals surface area contributed by atoms with Gasteiger partial charge in [-0.1, -0.05) is 164 Å². The molecule has 0 fully saturated rings. The average Bonchev–Trinajstić information content (AvgIpc) is 3.44. The van der Waals surface area contributed by atoms with Crippen molar-refractivity contribution >= 4 is 17.9 Å². The monoisotopic (exact) mass is 1010 g/mol. The van der Waals surface area contributed by atoms with Gasteiger partial charge in [-0.25, -0.2) is 34.3 Å². The largest absolute Gasteiger partial charge is 0.490 e. The van der Waals surface area contributed by atoms with Crippen LogP contribution < -0.4 is 18.9 Å². The first-order valence-corrected chi connectivity index (χ1v) is 26.5. The van der Waals surface area contributed by atoms with Crippen molar-refractivity contribution in [2.24, 2.45) is 0 Å². The maximum Gasteiger partial charge on any atom is 0.337 e. The molecular weight excluding hydrogens is 937 g/mol. The van der Waals surface area contributed by atoms with Crippen molar-refractivity contribution in [3.05, 3.63) is 134 Å². The third-order valence-corrected chi connectivity index (χ3v) is 12.3. The first-order chi connectivity index (χ1) is 36.3. The Morgan fingerprint density at radius 3 is 1.15 bits per heavy atom. The Labute approximate surface area is 438 Å². The fraction of sp³-hybridized carbons (Fsp3) is 0.450. The number of hydrogen-bond donors (Lipinski definition) is 0. The fourth-order valence-corrected chi connectivity index (χ4v) is 7.97. The molecule has 0 aliphatic carbocycles. The summed E-state index contributed by atoms with van der Waals surface area (Å²) in [6, 6.07) is 20.7. The van der Waals surface area contributed by atoms with E-state index in [2.05, 4.69) is 33.1 Å². The van der Waals surface area contributed by atoms with Crippen molar-refractivity contribution in [3.8, 4) is 45.8 Å². The molecule has 0 radical (unpaired) electrons. The van der Waals surface area contributed by atoms with Gasteiger partial charge in [0.25, 0.3) is 0 Å². The molecule has 0 unspecified atom stereocenters. The van der Waals surface area contributed by atoms with Gasteiger partial charge in [0.1, 0.15) is 13.2 Å². The van der Waals surface area contributed by atoms with Crippen LogP contribution in [0.3, 0.4) is 0 Å². The molecule has 396 valence electrons. The summed E-state index contributed by atoms with van der Waals surface area (Å²) in [5.41, 5.74) is 3.92. The molecule has 5 rings (SSSR count). The molecule has 0 bridgehead atoms. The molecule has 2 aromatic heterocycles. The quantitative estimate of drug-likeness (QED) is 0.0158. The average molecular weight is 1010 g/mol. The van der Waals surface area contributed by atoms with E-state index in [9.17, 15) is 14.4 Å². The predicted octanol–water partition coefficient (Wildman–Crippen LogP) is 13.6. The van der Waals surface area contributed by atoms with Gasteiger partial charge in [-0.2, -0.15) is 0 Å². The summed E-state index contributed by atoms with van der Waals surface area (Å²) in [4.78, 5) is 52.7. The minimum Gasteiger partial charge on any atom is -0.490 e. The number of rotatable bonds is 39. The summed E-state index contributed by atoms with van der Waals surface area (Å²) in [5, 5.41) is 0. The Morgan fingerprint density at radius 2 is 0.784 bits per heavy atom. The van der Waals surface area contributed by atoms with Gasteiger partial charge in [-0.15, -0.1) is 0 Å². The third kappa shape index (κ3) is 22.8. The van der Waals surface area contributed by atoms with E-state index in [0.717, 1.165) is 73.6 Å². The zero-order chi connectivity index (χ0) is 52.3. The van der Waals surface area contributed by atoms with Crippen LogP contribution in [0.2, 0.25) is 0 Å². The zero-order valence-electron chi connectivity index (χ0n) is 43.5. The van der Waals surface area contributed by atoms with Crippen LogP contribution in [0.25, 0.3) is 22.8 Å². The lowest BCUT2D eigenvalue weighted by Gasteiger charge is -2.14. The highest BCUT2D eigenvalue weighted by atomic mass is 16.5. The van der Waals surface area contributed by atoms with E-state index >= 15 is 0 Å². The molecule has 0 saturated heterocycles. The molecular formula is C60H76N4O10. The summed E-state index contributed by atoms with van der Waals surface area (Å²) < 4.78 is 39.3. The first kappa shape index (κ1) is 57.8. The fourth-order valence-electron chi connectivity index (χ4n) is 7.97. The Kier molecular flexibility index (Phi) is 27.4. The molecule has 2 heterocycles. The van der Waals surface area contributed by atoms with E-state index in [1.807, 2.05) is 48.5 Å². The van der Waals surface area contributed by atoms with E-state index in [4.69, 9.17) is 33.2 Å². The predicted molar refractivity (Wildman–Crippen MR) is 287 cm³/mol. The highest BCUT2D eigenvalue weighted by molar-refractivity contribution is 5.90. The molecule has 0 amide bonds. The second kappa shape index (κ2) is 35.1. The van der Waals surface area contributed by atoms with Gasteiger partial charge in [0.15, 0.2) is 34.6 Å². The van der Waals surface area contributed by atoms with Gasteiger partial charge in [0, 0.05) is 23.3 Å². The van der Waals surface area contributed by atoms with Crippen LogP contribution in [0, 0.1) is 0 Å². The second-order valence-corrected chi connectivity index (χ2v) is 18.1. The number of esters is 3. The molecule has 14 nitrogen and oxygen atoms in total. The molecule has 0 saturated carbocycles. The summed E-state index contributed by atoms with van der Waals surface area (Å²) >= 11 is 0. The standard InChI is InChI=1S/C60H76N4O10/c1-4-56(65)71-38-24-20-16-12-8-6-10-14-18-22-36-69-52-41-61-58(62-42-52)49-30-26-47(27-31-49)45-73-54-35-34-51(60(67)68-3)40-55(54)74-46-48-28-32-50(33-29-48)59-63-43-53(44-64-59)70-37-23-19-15-11-7-9-13-17-21-25-39-72-57(66)5-2/h4-5,26-35,40-44H,1-2,6-25,36-39,45-46H2,3H3. The summed E-state index contributed by atoms with van der Waals surface area (Å²) in [5.74, 6) is 2.24. The lowest BCUT2D eigenvalue weighted by Crippen LogP contribution is -2.05. The number of unbranched alkanes of at least 4 members (excludes halogenated alkanes) is 18. The molecule has 3 aromatic carbocycles. The summed E-state index contributed by atoms with van der Waals surface area (Å²) in [6.07, 6.45) is 32.1. The number of aromatic nitrogens is 4. The van der Waals surface area contributed by atoms with Gasteiger partial charge >= 0.3 is 17.9 Å². The number of hydrogen-bond acceptors (Lipinski definition) is 14. The minimum absolute atomic E-state index is 0.231. The van der Waals surface area contributed by atoms with Crippen LogP contribution in [0.4, 0.5) is 0 Å². The smallest absolute Gasteiger partial charge is 0.337 e. The van der Waals surface area contributed by atoms with Gasteiger partial charge in [0.05, 0.1) is 63.9 Å². The molecule has 0 N–H and O–H groups in total. The number of nitrogens with zero attached hydrogens (tertiary/aromatic N) is 4. The van der Waals surface area contributed by atoms with Crippen molar-refractivity contribution in [2.45, 2.75) is 142 Å². The highest BCUT2D eigenvalue weighted by Crippen LogP contribution is 2.31. The molecule has 0 atom stereocenters. The molecule has 0 spiro atoms. The Hall–Kier alpha value is -7.09. The molecule has 0 aliphatic heterocycles.